The zero-order valence-electron chi connectivity index (χ0n) is 22.1. The topological polar surface area (TPSA) is 97.3 Å². The zero-order chi connectivity index (χ0) is 27.7. The molecule has 0 aliphatic rings. The number of sulfonamides is 1. The van der Waals surface area contributed by atoms with E-state index in [1.165, 1.54) is 18.3 Å². The van der Waals surface area contributed by atoms with Crippen LogP contribution in [0.2, 0.25) is 0 Å². The molecule has 0 heterocycles. The summed E-state index contributed by atoms with van der Waals surface area (Å²) < 4.78 is 39.5. The fraction of sp³-hybridized carbons (Fsp3) is 0.241. The van der Waals surface area contributed by atoms with Gasteiger partial charge in [-0.2, -0.15) is 5.10 Å². The molecule has 3 rings (SSSR count). The van der Waals surface area contributed by atoms with Crippen LogP contribution < -0.4 is 19.2 Å². The maximum absolute atomic E-state index is 13.6. The van der Waals surface area contributed by atoms with Gasteiger partial charge in [-0.05, 0) is 86.8 Å². The lowest BCUT2D eigenvalue weighted by Gasteiger charge is -2.24. The number of nitrogens with zero attached hydrogens (tertiary/aromatic N) is 2. The Bertz CT molecular complexity index is 1400. The van der Waals surface area contributed by atoms with Gasteiger partial charge in [0.25, 0.3) is 15.9 Å². The highest BCUT2D eigenvalue weighted by Crippen LogP contribution is 2.28. The van der Waals surface area contributed by atoms with Crippen LogP contribution in [0.25, 0.3) is 0 Å². The van der Waals surface area contributed by atoms with Gasteiger partial charge in [-0.3, -0.25) is 9.10 Å². The van der Waals surface area contributed by atoms with Crippen molar-refractivity contribution in [3.8, 4) is 11.5 Å². The number of aryl methyl sites for hydroxylation is 3. The third-order valence-corrected chi connectivity index (χ3v) is 7.21. The minimum atomic E-state index is -4.02. The van der Waals surface area contributed by atoms with Crippen LogP contribution in [0, 0.1) is 20.8 Å². The van der Waals surface area contributed by atoms with Crippen LogP contribution in [0.1, 0.15) is 29.2 Å². The summed E-state index contributed by atoms with van der Waals surface area (Å²) in [5.41, 5.74) is 6.20. The van der Waals surface area contributed by atoms with E-state index in [0.717, 1.165) is 21.0 Å². The highest BCUT2D eigenvalue weighted by atomic mass is 32.2. The monoisotopic (exact) mass is 535 g/mol. The van der Waals surface area contributed by atoms with E-state index in [-0.39, 0.29) is 4.90 Å². The Labute approximate surface area is 224 Å². The van der Waals surface area contributed by atoms with Crippen LogP contribution in [0.4, 0.5) is 5.69 Å². The van der Waals surface area contributed by atoms with Gasteiger partial charge in [-0.1, -0.05) is 36.4 Å². The van der Waals surface area contributed by atoms with Crippen molar-refractivity contribution in [1.82, 2.24) is 5.43 Å². The summed E-state index contributed by atoms with van der Waals surface area (Å²) in [6.45, 7) is 11.5. The lowest BCUT2D eigenvalue weighted by Crippen LogP contribution is -2.39. The molecule has 1 N–H and O–H groups in total. The van der Waals surface area contributed by atoms with Gasteiger partial charge in [-0.15, -0.1) is 0 Å². The summed E-state index contributed by atoms with van der Waals surface area (Å²) >= 11 is 0. The highest BCUT2D eigenvalue weighted by molar-refractivity contribution is 7.92. The minimum absolute atomic E-state index is 0.0979. The molecule has 0 aliphatic heterocycles. The van der Waals surface area contributed by atoms with Gasteiger partial charge in [0.1, 0.15) is 13.2 Å². The lowest BCUT2D eigenvalue weighted by atomic mass is 10.1. The molecule has 0 saturated carbocycles. The van der Waals surface area contributed by atoms with Crippen LogP contribution in [0.5, 0.6) is 11.5 Å². The Morgan fingerprint density at radius 1 is 0.947 bits per heavy atom. The van der Waals surface area contributed by atoms with Crippen molar-refractivity contribution in [3.63, 3.8) is 0 Å². The fourth-order valence-electron chi connectivity index (χ4n) is 3.73. The molecule has 8 nitrogen and oxygen atoms in total. The molecule has 1 amide bonds. The molecule has 0 radical (unpaired) electrons. The van der Waals surface area contributed by atoms with Crippen molar-refractivity contribution in [2.45, 2.75) is 32.6 Å². The minimum Gasteiger partial charge on any atom is -0.490 e. The molecule has 0 fully saturated rings. The van der Waals surface area contributed by atoms with Gasteiger partial charge < -0.3 is 9.47 Å². The molecule has 0 aliphatic carbocycles. The number of anilines is 1. The van der Waals surface area contributed by atoms with Crippen molar-refractivity contribution in [2.75, 3.05) is 24.1 Å². The quantitative estimate of drug-likeness (QED) is 0.202. The number of hydrazone groups is 1. The van der Waals surface area contributed by atoms with Gasteiger partial charge in [0, 0.05) is 0 Å². The second kappa shape index (κ2) is 12.9. The molecule has 3 aromatic rings. The van der Waals surface area contributed by atoms with Crippen LogP contribution >= 0.6 is 0 Å². The Morgan fingerprint density at radius 3 is 2.26 bits per heavy atom. The number of hydrogen-bond acceptors (Lipinski definition) is 6. The number of carbonyl (C=O) groups is 1. The van der Waals surface area contributed by atoms with Gasteiger partial charge in [0.2, 0.25) is 0 Å². The van der Waals surface area contributed by atoms with Gasteiger partial charge in [0.05, 0.1) is 23.4 Å². The average Bonchev–Trinajstić information content (AvgIpc) is 2.86. The molecule has 0 aromatic heterocycles. The first-order valence-electron chi connectivity index (χ1n) is 12.1. The number of ether oxygens (including phenoxy) is 2. The summed E-state index contributed by atoms with van der Waals surface area (Å²) in [4.78, 5) is 13.0. The molecular formula is C29H33N3O5S. The standard InChI is InChI=1S/C29H33N3O5S/c1-6-14-37-27-13-10-24(18-28(27)36-7-2)19-30-31-29(33)20-32(25-16-22(4)15-23(5)17-25)38(34,35)26-11-8-21(3)9-12-26/h6,8-13,15-19H,1,7,14,20H2,2-5H3,(H,31,33)/b30-19+. The van der Waals surface area contributed by atoms with Gasteiger partial charge in [-0.25, -0.2) is 13.8 Å². The first-order chi connectivity index (χ1) is 18.1. The normalized spacial score (nSPS) is 11.3. The van der Waals surface area contributed by atoms with Crippen LogP contribution in [0.15, 0.2) is 83.3 Å². The van der Waals surface area contributed by atoms with E-state index in [2.05, 4.69) is 17.1 Å². The molecule has 3 aromatic carbocycles. The van der Waals surface area contributed by atoms with E-state index >= 15 is 0 Å². The first-order valence-corrected chi connectivity index (χ1v) is 13.6. The van der Waals surface area contributed by atoms with Crippen molar-refractivity contribution in [3.05, 3.63) is 95.6 Å². The third kappa shape index (κ3) is 7.45. The number of rotatable bonds is 12. The average molecular weight is 536 g/mol. The van der Waals surface area contributed by atoms with E-state index in [1.54, 1.807) is 48.5 Å². The summed E-state index contributed by atoms with van der Waals surface area (Å²) in [7, 11) is -4.02. The van der Waals surface area contributed by atoms with Crippen LogP contribution in [0.3, 0.4) is 0 Å². The molecular weight excluding hydrogens is 502 g/mol. The number of carbonyl (C=O) groups excluding carboxylic acids is 1. The van der Waals surface area contributed by atoms with E-state index < -0.39 is 22.5 Å². The summed E-state index contributed by atoms with van der Waals surface area (Å²) in [6.07, 6.45) is 3.09. The van der Waals surface area contributed by atoms with Crippen molar-refractivity contribution in [1.29, 1.82) is 0 Å². The molecule has 38 heavy (non-hydrogen) atoms. The maximum Gasteiger partial charge on any atom is 0.264 e. The lowest BCUT2D eigenvalue weighted by molar-refractivity contribution is -0.119. The molecule has 0 saturated heterocycles. The summed E-state index contributed by atoms with van der Waals surface area (Å²) in [5.74, 6) is 0.514. The number of nitrogens with one attached hydrogen (secondary N) is 1. The zero-order valence-corrected chi connectivity index (χ0v) is 22.9. The molecule has 0 spiro atoms. The van der Waals surface area contributed by atoms with E-state index in [1.807, 2.05) is 33.8 Å². The predicted octanol–water partition coefficient (Wildman–Crippen LogP) is 4.92. The third-order valence-electron chi connectivity index (χ3n) is 5.42. The summed E-state index contributed by atoms with van der Waals surface area (Å²) in [6, 6.07) is 17.2. The predicted molar refractivity (Wildman–Crippen MR) is 151 cm³/mol. The number of benzene rings is 3. The fourth-order valence-corrected chi connectivity index (χ4v) is 5.14. The SMILES string of the molecule is C=CCOc1ccc(/C=N/NC(=O)CN(c2cc(C)cc(C)c2)S(=O)(=O)c2ccc(C)cc2)cc1OCC. The smallest absolute Gasteiger partial charge is 0.264 e. The Balaban J connectivity index is 1.82. The van der Waals surface area contributed by atoms with Crippen molar-refractivity contribution in [2.24, 2.45) is 5.10 Å². The molecule has 9 heteroatoms. The maximum atomic E-state index is 13.6. The van der Waals surface area contributed by atoms with Crippen LogP contribution in [-0.2, 0) is 14.8 Å². The van der Waals surface area contributed by atoms with Gasteiger partial charge >= 0.3 is 0 Å². The van der Waals surface area contributed by atoms with E-state index in [9.17, 15) is 13.2 Å². The Morgan fingerprint density at radius 2 is 1.63 bits per heavy atom. The Kier molecular flexibility index (Phi) is 9.67. The van der Waals surface area contributed by atoms with Crippen molar-refractivity contribution >= 4 is 27.8 Å². The summed E-state index contributed by atoms with van der Waals surface area (Å²) in [5, 5.41) is 4.02. The second-order valence-electron chi connectivity index (χ2n) is 8.70. The number of hydrogen-bond donors (Lipinski definition) is 1. The van der Waals surface area contributed by atoms with Crippen LogP contribution in [-0.4, -0.2) is 40.3 Å². The highest BCUT2D eigenvalue weighted by Gasteiger charge is 2.27. The molecule has 0 unspecified atom stereocenters. The van der Waals surface area contributed by atoms with Gasteiger partial charge in [0.15, 0.2) is 11.5 Å². The second-order valence-corrected chi connectivity index (χ2v) is 10.6. The first kappa shape index (κ1) is 28.5. The Hall–Kier alpha value is -4.11. The molecule has 0 atom stereocenters. The molecule has 200 valence electrons. The molecule has 0 bridgehead atoms. The number of amides is 1. The largest absolute Gasteiger partial charge is 0.490 e. The van der Waals surface area contributed by atoms with Crippen molar-refractivity contribution < 1.29 is 22.7 Å². The van der Waals surface area contributed by atoms with E-state index in [0.29, 0.717) is 36.0 Å². The van der Waals surface area contributed by atoms with E-state index in [4.69, 9.17) is 9.47 Å².